The number of hydrogen-bond donors (Lipinski definition) is 3. The highest BCUT2D eigenvalue weighted by Gasteiger charge is 2.58. The molecular weight excluding hydrogens is 560 g/mol. The normalized spacial score (nSPS) is 19.6. The zero-order valence-corrected chi connectivity index (χ0v) is 22.5. The lowest BCUT2D eigenvalue weighted by molar-refractivity contribution is -0.135. The number of phenols is 1. The molecule has 40 heavy (non-hydrogen) atoms. The average molecular weight is 583 g/mol. The van der Waals surface area contributed by atoms with Crippen LogP contribution in [0.4, 0.5) is 10.5 Å². The second-order valence-corrected chi connectivity index (χ2v) is 11.0. The minimum atomic E-state index is -1.21. The van der Waals surface area contributed by atoms with Crippen LogP contribution >= 0.6 is 23.1 Å². The summed E-state index contributed by atoms with van der Waals surface area (Å²) in [4.78, 5) is 76.4. The van der Waals surface area contributed by atoms with Crippen LogP contribution in [0.15, 0.2) is 58.4 Å². The number of esters is 1. The lowest BCUT2D eigenvalue weighted by Gasteiger charge is -2.31. The number of nitrogens with one attached hydrogen (secondary N) is 1. The molecule has 0 bridgehead atoms. The number of anilines is 1. The van der Waals surface area contributed by atoms with Gasteiger partial charge in [-0.2, -0.15) is 4.90 Å². The summed E-state index contributed by atoms with van der Waals surface area (Å²) in [6, 6.07) is 11.0. The van der Waals surface area contributed by atoms with Gasteiger partial charge in [0.2, 0.25) is 11.8 Å². The molecule has 12 nitrogen and oxygen atoms in total. The summed E-state index contributed by atoms with van der Waals surface area (Å²) in [6.07, 6.45) is 0. The fourth-order valence-electron chi connectivity index (χ4n) is 4.81. The van der Waals surface area contributed by atoms with Crippen LogP contribution in [0, 0.1) is 5.92 Å². The van der Waals surface area contributed by atoms with E-state index in [4.69, 9.17) is 10.5 Å². The average Bonchev–Trinajstić information content (AvgIpc) is 3.36. The molecule has 3 heterocycles. The molecule has 1 saturated heterocycles. The number of carbonyl (C=O) groups excluding carboxylic acids is 5. The van der Waals surface area contributed by atoms with Gasteiger partial charge < -0.3 is 20.9 Å². The van der Waals surface area contributed by atoms with E-state index in [1.165, 1.54) is 34.9 Å². The van der Waals surface area contributed by atoms with Gasteiger partial charge in [0.25, 0.3) is 5.91 Å². The standard InChI is InChI=1S/C26H22N4O8S2/c1-2-38-24(35)12-7-9-13(10-8-12)28-16(32)11-29-23-20(40-26(29)37)17(14-5-3-4-6-15(14)31)18-19(39-23)22(34)30(21(18)33)25(27)36/h3-10,17-19,31H,2,11H2,1H3,(H2,27,36)(H,28,32). The van der Waals surface area contributed by atoms with Crippen LogP contribution in [-0.4, -0.2) is 56.2 Å². The van der Waals surface area contributed by atoms with E-state index in [-0.39, 0.29) is 17.4 Å². The zero-order chi connectivity index (χ0) is 28.7. The van der Waals surface area contributed by atoms with Crippen LogP contribution in [0.3, 0.4) is 0 Å². The van der Waals surface area contributed by atoms with Crippen molar-refractivity contribution in [3.05, 3.63) is 74.2 Å². The first-order valence-electron chi connectivity index (χ1n) is 12.0. The summed E-state index contributed by atoms with van der Waals surface area (Å²) in [5, 5.41) is 12.5. The number of nitrogens with two attached hydrogens (primary N) is 1. The summed E-state index contributed by atoms with van der Waals surface area (Å²) < 4.78 is 6.14. The third-order valence-electron chi connectivity index (χ3n) is 6.52. The first-order valence-corrected chi connectivity index (χ1v) is 13.7. The minimum absolute atomic E-state index is 0.154. The van der Waals surface area contributed by atoms with E-state index < -0.39 is 58.2 Å². The van der Waals surface area contributed by atoms with Crippen molar-refractivity contribution >= 4 is 58.5 Å². The maximum atomic E-state index is 13.2. The first kappa shape index (κ1) is 27.1. The number of fused-ring (bicyclic) bond motifs is 2. The van der Waals surface area contributed by atoms with Crippen LogP contribution in [0.2, 0.25) is 0 Å². The fraction of sp³-hybridized carbons (Fsp3) is 0.231. The summed E-state index contributed by atoms with van der Waals surface area (Å²) in [6.45, 7) is 1.50. The molecule has 3 atom stereocenters. The third kappa shape index (κ3) is 4.64. The van der Waals surface area contributed by atoms with Gasteiger partial charge in [0.05, 0.1) is 23.1 Å². The summed E-state index contributed by atoms with van der Waals surface area (Å²) >= 11 is 1.71. The number of thioether (sulfide) groups is 1. The maximum Gasteiger partial charge on any atom is 0.338 e. The molecule has 3 aromatic rings. The highest BCUT2D eigenvalue weighted by molar-refractivity contribution is 8.00. The van der Waals surface area contributed by atoms with Crippen molar-refractivity contribution in [2.75, 3.05) is 11.9 Å². The van der Waals surface area contributed by atoms with Gasteiger partial charge in [-0.25, -0.2) is 9.59 Å². The second-order valence-electron chi connectivity index (χ2n) is 8.92. The van der Waals surface area contributed by atoms with Gasteiger partial charge in [-0.05, 0) is 37.3 Å². The molecule has 4 N–H and O–H groups in total. The highest BCUT2D eigenvalue weighted by Crippen LogP contribution is 2.54. The van der Waals surface area contributed by atoms with E-state index in [1.54, 1.807) is 25.1 Å². The van der Waals surface area contributed by atoms with Crippen molar-refractivity contribution in [1.82, 2.24) is 9.47 Å². The molecule has 0 radical (unpaired) electrons. The highest BCUT2D eigenvalue weighted by atomic mass is 32.2. The number of nitrogens with zero attached hydrogens (tertiary/aromatic N) is 2. The van der Waals surface area contributed by atoms with E-state index in [0.717, 1.165) is 23.1 Å². The van der Waals surface area contributed by atoms with Gasteiger partial charge in [0.1, 0.15) is 17.5 Å². The number of para-hydroxylation sites is 1. The molecule has 5 rings (SSSR count). The first-order chi connectivity index (χ1) is 19.1. The molecule has 5 amide bonds. The van der Waals surface area contributed by atoms with Gasteiger partial charge >= 0.3 is 16.9 Å². The van der Waals surface area contributed by atoms with Gasteiger partial charge in [-0.1, -0.05) is 41.3 Å². The number of carbonyl (C=O) groups is 5. The summed E-state index contributed by atoms with van der Waals surface area (Å²) in [7, 11) is 0. The van der Waals surface area contributed by atoms with E-state index in [1.807, 2.05) is 0 Å². The number of hydrogen-bond acceptors (Lipinski definition) is 10. The molecular formula is C26H22N4O8S2. The van der Waals surface area contributed by atoms with Crippen molar-refractivity contribution in [2.45, 2.75) is 29.7 Å². The molecule has 2 aromatic carbocycles. The molecule has 2 aliphatic rings. The number of aromatic nitrogens is 1. The number of likely N-dealkylation sites (tertiary alicyclic amines) is 1. The Hall–Kier alpha value is -4.43. The van der Waals surface area contributed by atoms with Crippen LogP contribution in [0.5, 0.6) is 5.75 Å². The van der Waals surface area contributed by atoms with Gasteiger partial charge in [-0.15, -0.1) is 0 Å². The lowest BCUT2D eigenvalue weighted by atomic mass is 9.82. The number of thiazole rings is 1. The van der Waals surface area contributed by atoms with Gasteiger partial charge in [-0.3, -0.25) is 23.7 Å². The molecule has 1 aromatic heterocycles. The molecule has 3 unspecified atom stereocenters. The van der Waals surface area contributed by atoms with Crippen LogP contribution in [0.25, 0.3) is 0 Å². The van der Waals surface area contributed by atoms with E-state index in [9.17, 15) is 33.9 Å². The molecule has 0 spiro atoms. The predicted octanol–water partition coefficient (Wildman–Crippen LogP) is 2.10. The molecule has 0 aliphatic carbocycles. The third-order valence-corrected chi connectivity index (χ3v) is 9.13. The van der Waals surface area contributed by atoms with Crippen LogP contribution < -0.4 is 15.9 Å². The maximum absolute atomic E-state index is 13.2. The molecule has 0 saturated carbocycles. The Morgan fingerprint density at radius 1 is 1.05 bits per heavy atom. The number of phenolic OH excluding ortho intramolecular Hbond substituents is 1. The second kappa shape index (κ2) is 10.6. The molecule has 206 valence electrons. The Labute approximate surface area is 234 Å². The van der Waals surface area contributed by atoms with Gasteiger partial charge in [0, 0.05) is 22.0 Å². The number of aromatic hydroxyl groups is 1. The van der Waals surface area contributed by atoms with Crippen molar-refractivity contribution in [2.24, 2.45) is 11.7 Å². The van der Waals surface area contributed by atoms with Crippen LogP contribution in [-0.2, 0) is 25.7 Å². The Balaban J connectivity index is 1.48. The van der Waals surface area contributed by atoms with Crippen LogP contribution in [0.1, 0.15) is 33.6 Å². The van der Waals surface area contributed by atoms with E-state index in [0.29, 0.717) is 26.6 Å². The quantitative estimate of drug-likeness (QED) is 0.290. The SMILES string of the molecule is CCOC(=O)c1ccc(NC(=O)Cn2c3c(sc2=O)C(c2ccccc2O)C2C(=O)N(C(N)=O)C(=O)C2S3)cc1. The Bertz CT molecular complexity index is 1610. The molecule has 14 heteroatoms. The fourth-order valence-corrected chi connectivity index (χ4v) is 7.57. The monoisotopic (exact) mass is 582 g/mol. The van der Waals surface area contributed by atoms with Crippen molar-refractivity contribution in [1.29, 1.82) is 0 Å². The largest absolute Gasteiger partial charge is 0.508 e. The van der Waals surface area contributed by atoms with E-state index >= 15 is 0 Å². The topological polar surface area (TPSA) is 178 Å². The molecule has 1 fully saturated rings. The predicted molar refractivity (Wildman–Crippen MR) is 144 cm³/mol. The lowest BCUT2D eigenvalue weighted by Crippen LogP contribution is -2.41. The molecule has 2 aliphatic heterocycles. The van der Waals surface area contributed by atoms with Crippen molar-refractivity contribution in [3.8, 4) is 5.75 Å². The number of ether oxygens (including phenoxy) is 1. The number of imide groups is 3. The number of urea groups is 1. The minimum Gasteiger partial charge on any atom is -0.508 e. The number of benzene rings is 2. The summed E-state index contributed by atoms with van der Waals surface area (Å²) in [5.74, 6) is -4.87. The number of amides is 5. The van der Waals surface area contributed by atoms with Gasteiger partial charge in [0.15, 0.2) is 0 Å². The Kier molecular flexibility index (Phi) is 7.21. The number of rotatable bonds is 6. The zero-order valence-electron chi connectivity index (χ0n) is 20.9. The Morgan fingerprint density at radius 2 is 1.75 bits per heavy atom. The van der Waals surface area contributed by atoms with Crippen molar-refractivity contribution in [3.63, 3.8) is 0 Å². The summed E-state index contributed by atoms with van der Waals surface area (Å²) in [5.41, 5.74) is 6.30. The van der Waals surface area contributed by atoms with Crippen molar-refractivity contribution < 1.29 is 33.8 Å². The smallest absolute Gasteiger partial charge is 0.338 e. The van der Waals surface area contributed by atoms with E-state index in [2.05, 4.69) is 5.32 Å². The Morgan fingerprint density at radius 3 is 2.40 bits per heavy atom. The number of primary amides is 1.